The van der Waals surface area contributed by atoms with E-state index in [2.05, 4.69) is 6.92 Å². The molecule has 0 aliphatic heterocycles. The number of methoxy groups -OCH3 is 1. The summed E-state index contributed by atoms with van der Waals surface area (Å²) in [5.74, 6) is -0.0578. The van der Waals surface area contributed by atoms with Crippen molar-refractivity contribution in [3.8, 4) is 0 Å². The van der Waals surface area contributed by atoms with E-state index < -0.39 is 0 Å². The van der Waals surface area contributed by atoms with Gasteiger partial charge < -0.3 is 4.74 Å². The van der Waals surface area contributed by atoms with Crippen LogP contribution in [0.25, 0.3) is 0 Å². The average molecular weight is 803 g/mol. The smallest absolute Gasteiger partial charge is 0.305 e. The minimum Gasteiger partial charge on any atom is -0.469 e. The Kier molecular flexibility index (Phi) is 53.0. The SMILES string of the molecule is CCCCCCCCCCCCCCCCCCCCCCCCCCCCCCCCCCCCCCCCCCCCCCCCCCCCCC(=O)OC. The Hall–Kier alpha value is -0.530. The first-order valence-electron chi connectivity index (χ1n) is 27.4. The fourth-order valence-electron chi connectivity index (χ4n) is 9.11. The van der Waals surface area contributed by atoms with Crippen molar-refractivity contribution < 1.29 is 9.53 Å². The molecule has 57 heavy (non-hydrogen) atoms. The van der Waals surface area contributed by atoms with Crippen LogP contribution in [0, 0.1) is 0 Å². The monoisotopic (exact) mass is 803 g/mol. The van der Waals surface area contributed by atoms with Gasteiger partial charge in [-0.15, -0.1) is 0 Å². The van der Waals surface area contributed by atoms with E-state index in [1.807, 2.05) is 0 Å². The first-order valence-corrected chi connectivity index (χ1v) is 27.4. The minimum atomic E-state index is -0.0578. The molecule has 0 aliphatic carbocycles. The van der Waals surface area contributed by atoms with Crippen LogP contribution in [-0.4, -0.2) is 13.1 Å². The maximum atomic E-state index is 11.1. The number of ether oxygens (including phenoxy) is 1. The molecule has 2 nitrogen and oxygen atoms in total. The number of hydrogen-bond acceptors (Lipinski definition) is 2. The van der Waals surface area contributed by atoms with Crippen LogP contribution in [0.4, 0.5) is 0 Å². The average Bonchev–Trinajstić information content (AvgIpc) is 3.22. The summed E-state index contributed by atoms with van der Waals surface area (Å²) in [5.41, 5.74) is 0. The standard InChI is InChI=1S/C55H110O2/c1-3-4-5-6-7-8-9-10-11-12-13-14-15-16-17-18-19-20-21-22-23-24-25-26-27-28-29-30-31-32-33-34-35-36-37-38-39-40-41-42-43-44-45-46-47-48-49-50-51-52-53-54-55(56)57-2/h3-54H2,1-2H3. The second-order valence-electron chi connectivity index (χ2n) is 19.0. The maximum absolute atomic E-state index is 11.1. The second kappa shape index (κ2) is 53.5. The van der Waals surface area contributed by atoms with Crippen LogP contribution in [0.1, 0.15) is 341 Å². The molecule has 0 saturated heterocycles. The van der Waals surface area contributed by atoms with Gasteiger partial charge in [0, 0.05) is 6.42 Å². The number of esters is 1. The number of carbonyl (C=O) groups is 1. The van der Waals surface area contributed by atoms with Crippen molar-refractivity contribution in [3.63, 3.8) is 0 Å². The first kappa shape index (κ1) is 56.5. The lowest BCUT2D eigenvalue weighted by Gasteiger charge is -2.05. The molecule has 0 amide bonds. The predicted molar refractivity (Wildman–Crippen MR) is 258 cm³/mol. The zero-order valence-corrected chi connectivity index (χ0v) is 40.1. The van der Waals surface area contributed by atoms with E-state index in [1.165, 1.54) is 328 Å². The van der Waals surface area contributed by atoms with Crippen molar-refractivity contribution in [1.82, 2.24) is 0 Å². The summed E-state index contributed by atoms with van der Waals surface area (Å²) in [7, 11) is 1.48. The highest BCUT2D eigenvalue weighted by atomic mass is 16.5. The molecule has 0 bridgehead atoms. The van der Waals surface area contributed by atoms with Gasteiger partial charge in [-0.1, -0.05) is 328 Å². The highest BCUT2D eigenvalue weighted by Gasteiger charge is 2.01. The summed E-state index contributed by atoms with van der Waals surface area (Å²) in [5, 5.41) is 0. The molecule has 0 aromatic rings. The molecule has 0 unspecified atom stereocenters. The van der Waals surface area contributed by atoms with Crippen molar-refractivity contribution in [2.24, 2.45) is 0 Å². The fraction of sp³-hybridized carbons (Fsp3) is 0.982. The molecule has 2 heteroatoms. The molecule has 0 atom stereocenters. The highest BCUT2D eigenvalue weighted by molar-refractivity contribution is 5.68. The molecular formula is C55H110O2. The molecule has 0 aliphatic rings. The van der Waals surface area contributed by atoms with E-state index in [1.54, 1.807) is 0 Å². The summed E-state index contributed by atoms with van der Waals surface area (Å²) in [6, 6.07) is 0. The largest absolute Gasteiger partial charge is 0.469 e. The van der Waals surface area contributed by atoms with Crippen molar-refractivity contribution in [3.05, 3.63) is 0 Å². The Morgan fingerprint density at radius 2 is 0.351 bits per heavy atom. The van der Waals surface area contributed by atoms with Crippen LogP contribution < -0.4 is 0 Å². The van der Waals surface area contributed by atoms with Gasteiger partial charge in [0.2, 0.25) is 0 Å². The molecular weight excluding hydrogens is 693 g/mol. The maximum Gasteiger partial charge on any atom is 0.305 e. The van der Waals surface area contributed by atoms with E-state index in [0.29, 0.717) is 6.42 Å². The molecule has 0 radical (unpaired) electrons. The Balaban J connectivity index is 3.06. The summed E-state index contributed by atoms with van der Waals surface area (Å²) < 4.78 is 4.70. The fourth-order valence-corrected chi connectivity index (χ4v) is 9.11. The number of carbonyl (C=O) groups excluding carboxylic acids is 1. The molecule has 0 aromatic carbocycles. The van der Waals surface area contributed by atoms with Gasteiger partial charge >= 0.3 is 5.97 Å². The van der Waals surface area contributed by atoms with Crippen LogP contribution in [0.3, 0.4) is 0 Å². The lowest BCUT2D eigenvalue weighted by atomic mass is 10.0. The molecule has 0 spiro atoms. The van der Waals surface area contributed by atoms with Gasteiger partial charge in [0.15, 0.2) is 0 Å². The molecule has 0 fully saturated rings. The van der Waals surface area contributed by atoms with Gasteiger partial charge in [0.1, 0.15) is 0 Å². The molecule has 0 aromatic heterocycles. The third kappa shape index (κ3) is 53.5. The Labute approximate surface area is 362 Å². The van der Waals surface area contributed by atoms with Crippen LogP contribution in [-0.2, 0) is 9.53 Å². The Bertz CT molecular complexity index is 703. The predicted octanol–water partition coefficient (Wildman–Crippen LogP) is 20.5. The summed E-state index contributed by atoms with van der Waals surface area (Å²) in [4.78, 5) is 11.1. The van der Waals surface area contributed by atoms with Crippen LogP contribution in [0.2, 0.25) is 0 Å². The minimum absolute atomic E-state index is 0.0578. The normalized spacial score (nSPS) is 11.5. The van der Waals surface area contributed by atoms with Crippen molar-refractivity contribution in [2.75, 3.05) is 7.11 Å². The Morgan fingerprint density at radius 1 is 0.228 bits per heavy atom. The highest BCUT2D eigenvalue weighted by Crippen LogP contribution is 2.19. The van der Waals surface area contributed by atoms with Crippen molar-refractivity contribution in [2.45, 2.75) is 341 Å². The number of hydrogen-bond donors (Lipinski definition) is 0. The molecule has 0 heterocycles. The summed E-state index contributed by atoms with van der Waals surface area (Å²) >= 11 is 0. The summed E-state index contributed by atoms with van der Waals surface area (Å²) in [6.07, 6.45) is 74.6. The third-order valence-electron chi connectivity index (χ3n) is 13.2. The van der Waals surface area contributed by atoms with E-state index in [4.69, 9.17) is 4.74 Å². The van der Waals surface area contributed by atoms with Crippen LogP contribution in [0.15, 0.2) is 0 Å². The lowest BCUT2D eigenvalue weighted by molar-refractivity contribution is -0.140. The van der Waals surface area contributed by atoms with Gasteiger partial charge in [0.05, 0.1) is 7.11 Å². The van der Waals surface area contributed by atoms with Crippen molar-refractivity contribution >= 4 is 5.97 Å². The zero-order chi connectivity index (χ0) is 41.1. The lowest BCUT2D eigenvalue weighted by Crippen LogP contribution is -1.99. The van der Waals surface area contributed by atoms with Gasteiger partial charge in [-0.25, -0.2) is 0 Å². The molecule has 0 N–H and O–H groups in total. The van der Waals surface area contributed by atoms with E-state index in [-0.39, 0.29) is 5.97 Å². The van der Waals surface area contributed by atoms with Gasteiger partial charge in [-0.2, -0.15) is 0 Å². The van der Waals surface area contributed by atoms with Gasteiger partial charge in [-0.3, -0.25) is 4.79 Å². The first-order chi connectivity index (χ1) is 28.3. The number of rotatable bonds is 52. The zero-order valence-electron chi connectivity index (χ0n) is 40.1. The summed E-state index contributed by atoms with van der Waals surface area (Å²) in [6.45, 7) is 2.31. The van der Waals surface area contributed by atoms with Gasteiger partial charge in [0.25, 0.3) is 0 Å². The molecule has 0 rings (SSSR count). The number of unbranched alkanes of at least 4 members (excludes halogenated alkanes) is 50. The quantitative estimate of drug-likeness (QED) is 0.0452. The topological polar surface area (TPSA) is 26.3 Å². The van der Waals surface area contributed by atoms with Crippen molar-refractivity contribution in [1.29, 1.82) is 0 Å². The van der Waals surface area contributed by atoms with Crippen LogP contribution >= 0.6 is 0 Å². The molecule has 0 saturated carbocycles. The van der Waals surface area contributed by atoms with E-state index >= 15 is 0 Å². The second-order valence-corrected chi connectivity index (χ2v) is 19.0. The van der Waals surface area contributed by atoms with E-state index in [0.717, 1.165) is 6.42 Å². The Morgan fingerprint density at radius 3 is 0.474 bits per heavy atom. The molecule has 342 valence electrons. The third-order valence-corrected chi connectivity index (χ3v) is 13.2. The van der Waals surface area contributed by atoms with Gasteiger partial charge in [-0.05, 0) is 6.42 Å². The van der Waals surface area contributed by atoms with Crippen LogP contribution in [0.5, 0.6) is 0 Å². The van der Waals surface area contributed by atoms with E-state index in [9.17, 15) is 4.79 Å².